The van der Waals surface area contributed by atoms with Crippen LogP contribution in [0.25, 0.3) is 22.4 Å². The van der Waals surface area contributed by atoms with Crippen molar-refractivity contribution in [3.05, 3.63) is 54.6 Å². The topological polar surface area (TPSA) is 84.1 Å². The summed E-state index contributed by atoms with van der Waals surface area (Å²) in [5, 5.41) is 4.53. The minimum absolute atomic E-state index is 0.267. The fourth-order valence-corrected chi connectivity index (χ4v) is 3.47. The Balaban J connectivity index is 1.49. The summed E-state index contributed by atoms with van der Waals surface area (Å²) in [6, 6.07) is 5.01. The SMILES string of the molecule is Fc1cc(F)cc(-c2noc3ncnc(N4CCN(c5ncccn5)CC4)c23)c1. The maximum absolute atomic E-state index is 13.7. The van der Waals surface area contributed by atoms with Crippen LogP contribution in [0.1, 0.15) is 0 Å². The number of halogens is 2. The molecule has 8 nitrogen and oxygen atoms in total. The molecule has 1 aliphatic rings. The van der Waals surface area contributed by atoms with Crippen LogP contribution in [0.4, 0.5) is 20.5 Å². The Kier molecular flexibility index (Phi) is 4.23. The normalized spacial score (nSPS) is 14.6. The van der Waals surface area contributed by atoms with Gasteiger partial charge in [-0.05, 0) is 18.2 Å². The van der Waals surface area contributed by atoms with Crippen LogP contribution in [0.2, 0.25) is 0 Å². The second-order valence-corrected chi connectivity index (χ2v) is 6.59. The third kappa shape index (κ3) is 3.22. The number of rotatable bonds is 3. The Labute approximate surface area is 163 Å². The van der Waals surface area contributed by atoms with Gasteiger partial charge in [0, 0.05) is 50.2 Å². The quantitative estimate of drug-likeness (QED) is 0.524. The van der Waals surface area contributed by atoms with Crippen LogP contribution in [0.3, 0.4) is 0 Å². The first-order valence-electron chi connectivity index (χ1n) is 9.03. The number of hydrogen-bond donors (Lipinski definition) is 0. The van der Waals surface area contributed by atoms with Gasteiger partial charge in [-0.15, -0.1) is 0 Å². The first-order valence-corrected chi connectivity index (χ1v) is 9.03. The van der Waals surface area contributed by atoms with E-state index in [9.17, 15) is 8.78 Å². The summed E-state index contributed by atoms with van der Waals surface area (Å²) in [6.07, 6.45) is 4.82. The zero-order valence-corrected chi connectivity index (χ0v) is 15.2. The average molecular weight is 395 g/mol. The van der Waals surface area contributed by atoms with Crippen molar-refractivity contribution in [2.24, 2.45) is 0 Å². The molecule has 0 bridgehead atoms. The molecule has 1 aromatic carbocycles. The zero-order chi connectivity index (χ0) is 19.8. The van der Waals surface area contributed by atoms with Crippen molar-refractivity contribution in [1.82, 2.24) is 25.1 Å². The summed E-state index contributed by atoms with van der Waals surface area (Å²) < 4.78 is 32.7. The third-order valence-electron chi connectivity index (χ3n) is 4.80. The van der Waals surface area contributed by atoms with Gasteiger partial charge in [-0.2, -0.15) is 4.98 Å². The highest BCUT2D eigenvalue weighted by atomic mass is 19.1. The highest BCUT2D eigenvalue weighted by Crippen LogP contribution is 2.34. The lowest BCUT2D eigenvalue weighted by Crippen LogP contribution is -2.47. The predicted molar refractivity (Wildman–Crippen MR) is 101 cm³/mol. The van der Waals surface area contributed by atoms with Gasteiger partial charge in [-0.25, -0.2) is 23.7 Å². The molecule has 5 rings (SSSR count). The van der Waals surface area contributed by atoms with Crippen LogP contribution >= 0.6 is 0 Å². The number of hydrogen-bond acceptors (Lipinski definition) is 8. The van der Waals surface area contributed by atoms with E-state index < -0.39 is 11.6 Å². The lowest BCUT2D eigenvalue weighted by atomic mass is 10.1. The van der Waals surface area contributed by atoms with E-state index in [2.05, 4.69) is 34.9 Å². The zero-order valence-electron chi connectivity index (χ0n) is 15.2. The Morgan fingerprint density at radius 2 is 1.52 bits per heavy atom. The van der Waals surface area contributed by atoms with Gasteiger partial charge in [0.05, 0.1) is 0 Å². The predicted octanol–water partition coefficient (Wildman–Crippen LogP) is 2.68. The Bertz CT molecular complexity index is 1140. The molecule has 0 unspecified atom stereocenters. The van der Waals surface area contributed by atoms with Gasteiger partial charge < -0.3 is 14.3 Å². The molecule has 3 aromatic heterocycles. The van der Waals surface area contributed by atoms with Crippen molar-refractivity contribution >= 4 is 22.9 Å². The lowest BCUT2D eigenvalue weighted by molar-refractivity contribution is 0.451. The number of anilines is 2. The molecule has 4 aromatic rings. The van der Waals surface area contributed by atoms with E-state index in [0.29, 0.717) is 49.0 Å². The van der Waals surface area contributed by atoms with Crippen molar-refractivity contribution in [3.63, 3.8) is 0 Å². The number of piperazine rings is 1. The average Bonchev–Trinajstić information content (AvgIpc) is 3.18. The van der Waals surface area contributed by atoms with Crippen molar-refractivity contribution < 1.29 is 13.3 Å². The molecule has 0 atom stereocenters. The second-order valence-electron chi connectivity index (χ2n) is 6.59. The van der Waals surface area contributed by atoms with Gasteiger partial charge in [-0.3, -0.25) is 0 Å². The maximum atomic E-state index is 13.7. The van der Waals surface area contributed by atoms with Gasteiger partial charge in [0.2, 0.25) is 5.95 Å². The van der Waals surface area contributed by atoms with E-state index in [1.807, 2.05) is 0 Å². The highest BCUT2D eigenvalue weighted by molar-refractivity contribution is 5.97. The number of nitrogens with zero attached hydrogens (tertiary/aromatic N) is 7. The molecule has 0 radical (unpaired) electrons. The molecule has 0 amide bonds. The summed E-state index contributed by atoms with van der Waals surface area (Å²) in [6.45, 7) is 2.72. The molecular formula is C19H15F2N7O. The van der Waals surface area contributed by atoms with Crippen LogP contribution in [-0.4, -0.2) is 51.3 Å². The summed E-state index contributed by atoms with van der Waals surface area (Å²) >= 11 is 0. The van der Waals surface area contributed by atoms with E-state index in [1.165, 1.54) is 18.5 Å². The van der Waals surface area contributed by atoms with Crippen LogP contribution in [0, 0.1) is 11.6 Å². The molecule has 0 spiro atoms. The van der Waals surface area contributed by atoms with Gasteiger partial charge in [0.1, 0.15) is 34.9 Å². The number of benzene rings is 1. The molecule has 146 valence electrons. The largest absolute Gasteiger partial charge is 0.352 e. The van der Waals surface area contributed by atoms with Crippen LogP contribution in [0.5, 0.6) is 0 Å². The van der Waals surface area contributed by atoms with Crippen molar-refractivity contribution in [2.75, 3.05) is 36.0 Å². The molecule has 10 heteroatoms. The van der Waals surface area contributed by atoms with Crippen LogP contribution < -0.4 is 9.80 Å². The molecule has 1 aliphatic heterocycles. The van der Waals surface area contributed by atoms with E-state index in [0.717, 1.165) is 6.07 Å². The molecule has 0 aliphatic carbocycles. The Hall–Kier alpha value is -3.69. The number of fused-ring (bicyclic) bond motifs is 1. The molecule has 0 saturated carbocycles. The van der Waals surface area contributed by atoms with Crippen molar-refractivity contribution in [3.8, 4) is 11.3 Å². The first kappa shape index (κ1) is 17.4. The monoisotopic (exact) mass is 395 g/mol. The van der Waals surface area contributed by atoms with Crippen LogP contribution in [-0.2, 0) is 0 Å². The minimum Gasteiger partial charge on any atom is -0.352 e. The fraction of sp³-hybridized carbons (Fsp3) is 0.211. The van der Waals surface area contributed by atoms with Gasteiger partial charge in [-0.1, -0.05) is 5.16 Å². The van der Waals surface area contributed by atoms with Gasteiger partial charge in [0.15, 0.2) is 0 Å². The standard InChI is InChI=1S/C19H15F2N7O/c20-13-8-12(9-14(21)10-13)16-15-17(24-11-25-18(15)29-26-16)27-4-6-28(7-5-27)19-22-2-1-3-23-19/h1-3,8-11H,4-7H2. The second kappa shape index (κ2) is 7.04. The van der Waals surface area contributed by atoms with E-state index in [4.69, 9.17) is 4.52 Å². The molecular weight excluding hydrogens is 380 g/mol. The molecule has 1 fully saturated rings. The first-order chi connectivity index (χ1) is 14.2. The van der Waals surface area contributed by atoms with E-state index in [1.54, 1.807) is 18.5 Å². The molecule has 0 N–H and O–H groups in total. The summed E-state index contributed by atoms with van der Waals surface area (Å²) in [5.41, 5.74) is 0.847. The molecule has 29 heavy (non-hydrogen) atoms. The summed E-state index contributed by atoms with van der Waals surface area (Å²) in [7, 11) is 0. The highest BCUT2D eigenvalue weighted by Gasteiger charge is 2.25. The summed E-state index contributed by atoms with van der Waals surface area (Å²) in [4.78, 5) is 21.2. The van der Waals surface area contributed by atoms with Crippen molar-refractivity contribution in [2.45, 2.75) is 0 Å². The fourth-order valence-electron chi connectivity index (χ4n) is 3.47. The summed E-state index contributed by atoms with van der Waals surface area (Å²) in [5.74, 6) is -0.0810. The number of aromatic nitrogens is 5. The van der Waals surface area contributed by atoms with Gasteiger partial charge >= 0.3 is 0 Å². The van der Waals surface area contributed by atoms with E-state index in [-0.39, 0.29) is 11.3 Å². The van der Waals surface area contributed by atoms with E-state index >= 15 is 0 Å². The smallest absolute Gasteiger partial charge is 0.263 e. The third-order valence-corrected chi connectivity index (χ3v) is 4.80. The molecule has 1 saturated heterocycles. The lowest BCUT2D eigenvalue weighted by Gasteiger charge is -2.35. The van der Waals surface area contributed by atoms with Crippen molar-refractivity contribution in [1.29, 1.82) is 0 Å². The maximum Gasteiger partial charge on any atom is 0.263 e. The Morgan fingerprint density at radius 1 is 0.828 bits per heavy atom. The Morgan fingerprint density at radius 3 is 2.24 bits per heavy atom. The van der Waals surface area contributed by atoms with Gasteiger partial charge in [0.25, 0.3) is 5.71 Å². The van der Waals surface area contributed by atoms with Crippen LogP contribution in [0.15, 0.2) is 47.5 Å². The molecule has 4 heterocycles. The minimum atomic E-state index is -0.689.